The number of aliphatic hydroxyl groups is 1. The first-order chi connectivity index (χ1) is 14.9. The molecule has 0 spiro atoms. The van der Waals surface area contributed by atoms with Crippen molar-refractivity contribution in [3.05, 3.63) is 38.0 Å². The molecule has 0 unspecified atom stereocenters. The summed E-state index contributed by atoms with van der Waals surface area (Å²) in [5.41, 5.74) is 0. The monoisotopic (exact) mass is 446 g/mol. The molecule has 12 nitrogen and oxygen atoms in total. The third-order valence-corrected chi connectivity index (χ3v) is 3.66. The van der Waals surface area contributed by atoms with Crippen LogP contribution in [0.3, 0.4) is 0 Å². The standard InChI is InChI=1S/C19H26O12/c1-5-8-25-17(21)29-13-12(11-20)28-16(24-4)15(31-19(23)27-10-7-3)14(13)30-18(22)26-9-6-2/h5-7,12-16,20H,1-3,8-11H2,4H3/t12-,13-,14+,15-,16+/m1/s1. The number of rotatable bonds is 11. The molecule has 0 radical (unpaired) electrons. The number of carbonyl (C=O) groups is 3. The first-order valence-electron chi connectivity index (χ1n) is 9.03. The highest BCUT2D eigenvalue weighted by Gasteiger charge is 2.53. The Bertz CT molecular complexity index is 593. The van der Waals surface area contributed by atoms with Crippen LogP contribution in [0.2, 0.25) is 0 Å². The first-order valence-corrected chi connectivity index (χ1v) is 9.03. The molecule has 1 fully saturated rings. The van der Waals surface area contributed by atoms with Crippen LogP contribution in [0.25, 0.3) is 0 Å². The highest BCUT2D eigenvalue weighted by molar-refractivity contribution is 5.63. The summed E-state index contributed by atoms with van der Waals surface area (Å²) in [6.45, 7) is 9.02. The Balaban J connectivity index is 3.18. The Hall–Kier alpha value is -3.09. The topological polar surface area (TPSA) is 145 Å². The Morgan fingerprint density at radius 1 is 0.806 bits per heavy atom. The van der Waals surface area contributed by atoms with E-state index in [1.165, 1.54) is 25.3 Å². The SMILES string of the molecule is C=CCOC(=O)O[C@@H]1[C@@H](OC(=O)OCC=C)[C@@H](OC)O[C@H](CO)[C@H]1OC(=O)OCC=C. The fourth-order valence-electron chi connectivity index (χ4n) is 2.43. The molecule has 0 aliphatic carbocycles. The summed E-state index contributed by atoms with van der Waals surface area (Å²) in [5, 5.41) is 9.68. The molecule has 0 aromatic rings. The van der Waals surface area contributed by atoms with Crippen molar-refractivity contribution in [3.8, 4) is 0 Å². The molecule has 0 amide bonds. The molecule has 1 saturated heterocycles. The lowest BCUT2D eigenvalue weighted by molar-refractivity contribution is -0.297. The summed E-state index contributed by atoms with van der Waals surface area (Å²) < 4.78 is 40.4. The largest absolute Gasteiger partial charge is 0.509 e. The molecule has 31 heavy (non-hydrogen) atoms. The van der Waals surface area contributed by atoms with E-state index >= 15 is 0 Å². The van der Waals surface area contributed by atoms with Crippen LogP contribution in [0.5, 0.6) is 0 Å². The number of ether oxygens (including phenoxy) is 8. The van der Waals surface area contributed by atoms with E-state index in [-0.39, 0.29) is 19.8 Å². The van der Waals surface area contributed by atoms with Gasteiger partial charge in [-0.2, -0.15) is 0 Å². The van der Waals surface area contributed by atoms with Gasteiger partial charge >= 0.3 is 18.5 Å². The van der Waals surface area contributed by atoms with Gasteiger partial charge in [0.25, 0.3) is 0 Å². The van der Waals surface area contributed by atoms with Crippen molar-refractivity contribution in [3.63, 3.8) is 0 Å². The highest BCUT2D eigenvalue weighted by Crippen LogP contribution is 2.29. The lowest BCUT2D eigenvalue weighted by atomic mass is 9.98. The van der Waals surface area contributed by atoms with E-state index in [0.29, 0.717) is 0 Å². The molecule has 0 saturated carbocycles. The van der Waals surface area contributed by atoms with E-state index in [2.05, 4.69) is 19.7 Å². The van der Waals surface area contributed by atoms with Crippen LogP contribution in [0.1, 0.15) is 0 Å². The van der Waals surface area contributed by atoms with Gasteiger partial charge < -0.3 is 43.0 Å². The van der Waals surface area contributed by atoms with Crippen LogP contribution in [-0.2, 0) is 37.9 Å². The molecule has 0 aromatic carbocycles. The van der Waals surface area contributed by atoms with Gasteiger partial charge in [0, 0.05) is 7.11 Å². The molecule has 1 aliphatic rings. The zero-order chi connectivity index (χ0) is 23.2. The summed E-state index contributed by atoms with van der Waals surface area (Å²) in [4.78, 5) is 36.0. The van der Waals surface area contributed by atoms with E-state index < -0.39 is 55.8 Å². The van der Waals surface area contributed by atoms with Gasteiger partial charge in [-0.3, -0.25) is 0 Å². The Morgan fingerprint density at radius 2 is 1.23 bits per heavy atom. The summed E-state index contributed by atoms with van der Waals surface area (Å²) >= 11 is 0. The zero-order valence-electron chi connectivity index (χ0n) is 17.0. The van der Waals surface area contributed by atoms with Crippen LogP contribution in [0.4, 0.5) is 14.4 Å². The maximum Gasteiger partial charge on any atom is 0.509 e. The predicted molar refractivity (Wildman–Crippen MR) is 102 cm³/mol. The number of methoxy groups -OCH3 is 1. The average Bonchev–Trinajstić information content (AvgIpc) is 2.76. The maximum atomic E-state index is 12.1. The molecular formula is C19H26O12. The minimum absolute atomic E-state index is 0.163. The van der Waals surface area contributed by atoms with Gasteiger partial charge in [0.15, 0.2) is 24.6 Å². The van der Waals surface area contributed by atoms with Gasteiger partial charge in [-0.25, -0.2) is 14.4 Å². The van der Waals surface area contributed by atoms with E-state index in [4.69, 9.17) is 37.9 Å². The predicted octanol–water partition coefficient (Wildman–Crippen LogP) is 1.47. The van der Waals surface area contributed by atoms with Crippen LogP contribution >= 0.6 is 0 Å². The van der Waals surface area contributed by atoms with E-state index in [1.807, 2.05) is 0 Å². The van der Waals surface area contributed by atoms with Gasteiger partial charge in [0.1, 0.15) is 25.9 Å². The summed E-state index contributed by atoms with van der Waals surface area (Å²) in [5.74, 6) is 0. The average molecular weight is 446 g/mol. The highest BCUT2D eigenvalue weighted by atomic mass is 16.8. The van der Waals surface area contributed by atoms with Crippen LogP contribution in [0, 0.1) is 0 Å². The number of hydrogen-bond donors (Lipinski definition) is 1. The molecule has 12 heteroatoms. The van der Waals surface area contributed by atoms with Crippen molar-refractivity contribution >= 4 is 18.5 Å². The summed E-state index contributed by atoms with van der Waals surface area (Å²) in [6.07, 6.45) is -6.68. The van der Waals surface area contributed by atoms with Crippen LogP contribution < -0.4 is 0 Å². The van der Waals surface area contributed by atoms with Crippen molar-refractivity contribution in [2.75, 3.05) is 33.5 Å². The third-order valence-electron chi connectivity index (χ3n) is 3.66. The number of hydrogen-bond acceptors (Lipinski definition) is 12. The smallest absolute Gasteiger partial charge is 0.430 e. The Labute approximate surface area is 178 Å². The summed E-state index contributed by atoms with van der Waals surface area (Å²) in [7, 11) is 1.22. The minimum atomic E-state index is -1.53. The zero-order valence-corrected chi connectivity index (χ0v) is 17.0. The molecule has 0 bridgehead atoms. The van der Waals surface area contributed by atoms with Crippen molar-refractivity contribution in [2.45, 2.75) is 30.7 Å². The van der Waals surface area contributed by atoms with Crippen molar-refractivity contribution in [2.24, 2.45) is 0 Å². The lowest BCUT2D eigenvalue weighted by Gasteiger charge is -2.42. The van der Waals surface area contributed by atoms with E-state index in [0.717, 1.165) is 0 Å². The van der Waals surface area contributed by atoms with Crippen molar-refractivity contribution in [1.82, 2.24) is 0 Å². The van der Waals surface area contributed by atoms with Crippen molar-refractivity contribution in [1.29, 1.82) is 0 Å². The van der Waals surface area contributed by atoms with E-state index in [1.54, 1.807) is 0 Å². The summed E-state index contributed by atoms with van der Waals surface area (Å²) in [6, 6.07) is 0. The molecule has 174 valence electrons. The molecule has 1 N–H and O–H groups in total. The minimum Gasteiger partial charge on any atom is -0.430 e. The maximum absolute atomic E-state index is 12.1. The van der Waals surface area contributed by atoms with Gasteiger partial charge in [-0.05, 0) is 0 Å². The van der Waals surface area contributed by atoms with Gasteiger partial charge in [-0.15, -0.1) is 0 Å². The van der Waals surface area contributed by atoms with Gasteiger partial charge in [0.2, 0.25) is 0 Å². The third kappa shape index (κ3) is 8.28. The van der Waals surface area contributed by atoms with Gasteiger partial charge in [-0.1, -0.05) is 38.0 Å². The second-order valence-electron chi connectivity index (χ2n) is 5.76. The molecule has 5 atom stereocenters. The Kier molecular flexibility index (Phi) is 11.7. The molecule has 1 rings (SSSR count). The normalized spacial score (nSPS) is 24.8. The first kappa shape index (κ1) is 25.9. The lowest BCUT2D eigenvalue weighted by Crippen LogP contribution is -2.62. The quantitative estimate of drug-likeness (QED) is 0.279. The second-order valence-corrected chi connectivity index (χ2v) is 5.76. The second kappa shape index (κ2) is 14.0. The Morgan fingerprint density at radius 3 is 1.61 bits per heavy atom. The number of aliphatic hydroxyl groups excluding tert-OH is 1. The van der Waals surface area contributed by atoms with Gasteiger partial charge in [0.05, 0.1) is 6.61 Å². The van der Waals surface area contributed by atoms with Crippen LogP contribution in [-0.4, -0.2) is 87.8 Å². The fourth-order valence-corrected chi connectivity index (χ4v) is 2.43. The molecule has 1 heterocycles. The molecule has 1 aliphatic heterocycles. The van der Waals surface area contributed by atoms with E-state index in [9.17, 15) is 19.5 Å². The number of carbonyl (C=O) groups excluding carboxylic acids is 3. The molecular weight excluding hydrogens is 420 g/mol. The van der Waals surface area contributed by atoms with Crippen LogP contribution in [0.15, 0.2) is 38.0 Å². The fraction of sp³-hybridized carbons (Fsp3) is 0.526. The molecule has 0 aromatic heterocycles. The van der Waals surface area contributed by atoms with Crippen molar-refractivity contribution < 1.29 is 57.4 Å².